The molecule has 0 saturated heterocycles. The number of rotatable bonds is 9. The van der Waals surface area contributed by atoms with E-state index in [1.54, 1.807) is 6.07 Å². The van der Waals surface area contributed by atoms with Gasteiger partial charge in [0.25, 0.3) is 0 Å². The molecule has 1 N–H and O–H groups in total. The van der Waals surface area contributed by atoms with Crippen LogP contribution in [0.4, 0.5) is 5.69 Å². The van der Waals surface area contributed by atoms with Gasteiger partial charge in [0.2, 0.25) is 5.78 Å². The number of ketones is 1. The Morgan fingerprint density at radius 3 is 2.59 bits per heavy atom. The average Bonchev–Trinajstić information content (AvgIpc) is 2.64. The first-order valence-electron chi connectivity index (χ1n) is 8.69. The van der Waals surface area contributed by atoms with Gasteiger partial charge in [0.15, 0.2) is 11.1 Å². The number of hydrogen-bond acceptors (Lipinski definition) is 4. The van der Waals surface area contributed by atoms with Crippen LogP contribution in [-0.4, -0.2) is 28.1 Å². The normalized spacial score (nSPS) is 13.0. The predicted molar refractivity (Wildman–Crippen MR) is 112 cm³/mol. The lowest BCUT2D eigenvalue weighted by molar-refractivity contribution is -0.111. The minimum Gasteiger partial charge on any atom is -0.375 e. The molecule has 0 amide bonds. The third kappa shape index (κ3) is 5.75. The highest BCUT2D eigenvalue weighted by atomic mass is 32.2. The number of benzene rings is 1. The molecule has 0 heterocycles. The van der Waals surface area contributed by atoms with E-state index in [0.29, 0.717) is 18.4 Å². The third-order valence-electron chi connectivity index (χ3n) is 4.28. The van der Waals surface area contributed by atoms with Gasteiger partial charge < -0.3 is 9.45 Å². The van der Waals surface area contributed by atoms with Crippen LogP contribution in [0.5, 0.6) is 0 Å². The fraction of sp³-hybridized carbons (Fsp3) is 0.333. The molecule has 1 rings (SSSR count). The van der Waals surface area contributed by atoms with E-state index < -0.39 is 21.8 Å². The van der Waals surface area contributed by atoms with Crippen molar-refractivity contribution >= 4 is 28.1 Å². The lowest BCUT2D eigenvalue weighted by atomic mass is 9.97. The van der Waals surface area contributed by atoms with E-state index in [0.717, 1.165) is 17.8 Å². The van der Waals surface area contributed by atoms with Crippen molar-refractivity contribution in [3.63, 3.8) is 0 Å². The Bertz CT molecular complexity index is 847. The molecule has 0 saturated carbocycles. The van der Waals surface area contributed by atoms with Crippen LogP contribution >= 0.6 is 0 Å². The maximum atomic E-state index is 12.7. The Kier molecular flexibility index (Phi) is 8.86. The highest BCUT2D eigenvalue weighted by molar-refractivity contribution is 7.84. The van der Waals surface area contributed by atoms with Crippen molar-refractivity contribution in [2.45, 2.75) is 33.6 Å². The summed E-state index contributed by atoms with van der Waals surface area (Å²) in [6.45, 7) is 10.2. The smallest absolute Gasteiger partial charge is 0.201 e. The number of allylic oxidation sites excluding steroid dienone is 5. The minimum atomic E-state index is -2.60. The summed E-state index contributed by atoms with van der Waals surface area (Å²) in [6.07, 6.45) is 4.71. The molecule has 0 aliphatic carbocycles. The standard InChI is InChI=1S/C21H26N2O3S/c1-6-8-9-10-15(3)20(24)21(27(25)26)19(14-22)18-12-11-17(13-16(18)4)23(5)7-2/h6,8,11-13H,3,7,9-10H2,1-2,4-5H3,(H,25,26). The average molecular weight is 387 g/mol. The van der Waals surface area contributed by atoms with E-state index in [1.165, 1.54) is 0 Å². The molecule has 0 bridgehead atoms. The second kappa shape index (κ2) is 10.6. The Balaban J connectivity index is 3.43. The Morgan fingerprint density at radius 1 is 1.44 bits per heavy atom. The first-order chi connectivity index (χ1) is 12.8. The van der Waals surface area contributed by atoms with Gasteiger partial charge in [-0.15, -0.1) is 0 Å². The monoisotopic (exact) mass is 386 g/mol. The Hall–Kier alpha value is -2.49. The first kappa shape index (κ1) is 22.6. The summed E-state index contributed by atoms with van der Waals surface area (Å²) in [5, 5.41) is 9.64. The molecule has 1 atom stereocenters. The van der Waals surface area contributed by atoms with Crippen LogP contribution in [0.2, 0.25) is 0 Å². The number of carbonyl (C=O) groups excluding carboxylic acids is 1. The van der Waals surface area contributed by atoms with Crippen LogP contribution in [0.15, 0.2) is 47.4 Å². The van der Waals surface area contributed by atoms with Crippen molar-refractivity contribution in [2.75, 3.05) is 18.5 Å². The summed E-state index contributed by atoms with van der Waals surface area (Å²) in [5.41, 5.74) is 2.30. The number of anilines is 1. The van der Waals surface area contributed by atoms with Crippen LogP contribution < -0.4 is 4.90 Å². The van der Waals surface area contributed by atoms with E-state index in [-0.39, 0.29) is 11.1 Å². The Labute approximate surface area is 164 Å². The van der Waals surface area contributed by atoms with Crippen molar-refractivity contribution in [1.29, 1.82) is 5.26 Å². The lowest BCUT2D eigenvalue weighted by Crippen LogP contribution is -2.16. The minimum absolute atomic E-state index is 0.0868. The molecular formula is C21H26N2O3S. The van der Waals surface area contributed by atoms with E-state index in [2.05, 4.69) is 6.58 Å². The maximum Gasteiger partial charge on any atom is 0.201 e. The molecule has 1 aromatic carbocycles. The van der Waals surface area contributed by atoms with Gasteiger partial charge in [-0.1, -0.05) is 24.8 Å². The predicted octanol–water partition coefficient (Wildman–Crippen LogP) is 4.39. The molecule has 0 radical (unpaired) electrons. The van der Waals surface area contributed by atoms with Gasteiger partial charge in [-0.05, 0) is 62.4 Å². The zero-order valence-corrected chi connectivity index (χ0v) is 17.1. The third-order valence-corrected chi connectivity index (χ3v) is 5.02. The van der Waals surface area contributed by atoms with Crippen LogP contribution in [0.25, 0.3) is 5.57 Å². The summed E-state index contributed by atoms with van der Waals surface area (Å²) in [6, 6.07) is 7.36. The summed E-state index contributed by atoms with van der Waals surface area (Å²) >= 11 is -2.60. The number of hydrogen-bond donors (Lipinski definition) is 1. The van der Waals surface area contributed by atoms with Crippen molar-refractivity contribution in [2.24, 2.45) is 0 Å². The largest absolute Gasteiger partial charge is 0.375 e. The topological polar surface area (TPSA) is 81.4 Å². The van der Waals surface area contributed by atoms with Crippen molar-refractivity contribution in [3.05, 3.63) is 58.5 Å². The van der Waals surface area contributed by atoms with Gasteiger partial charge in [-0.3, -0.25) is 4.79 Å². The SMILES string of the molecule is C=C(CCC=CC)C(=O)C(=C(C#N)c1ccc(N(C)CC)cc1C)S(=O)O. The summed E-state index contributed by atoms with van der Waals surface area (Å²) in [7, 11) is 1.95. The fourth-order valence-electron chi connectivity index (χ4n) is 2.56. The molecule has 0 aliphatic rings. The number of nitriles is 1. The van der Waals surface area contributed by atoms with Gasteiger partial charge in [0, 0.05) is 19.3 Å². The Morgan fingerprint density at radius 2 is 2.11 bits per heavy atom. The molecule has 0 aliphatic heterocycles. The molecule has 0 fully saturated rings. The first-order valence-corrected chi connectivity index (χ1v) is 9.80. The van der Waals surface area contributed by atoms with Crippen LogP contribution in [0.3, 0.4) is 0 Å². The van der Waals surface area contributed by atoms with Crippen molar-refractivity contribution in [1.82, 2.24) is 0 Å². The van der Waals surface area contributed by atoms with Gasteiger partial charge in [-0.2, -0.15) is 5.26 Å². The van der Waals surface area contributed by atoms with Crippen LogP contribution in [0.1, 0.15) is 37.8 Å². The van der Waals surface area contributed by atoms with Gasteiger partial charge >= 0.3 is 0 Å². The second-order valence-corrected chi connectivity index (χ2v) is 7.03. The molecule has 5 nitrogen and oxygen atoms in total. The second-order valence-electron chi connectivity index (χ2n) is 6.12. The van der Waals surface area contributed by atoms with E-state index in [9.17, 15) is 18.8 Å². The van der Waals surface area contributed by atoms with Crippen molar-refractivity contribution < 1.29 is 13.6 Å². The van der Waals surface area contributed by atoms with Gasteiger partial charge in [-0.25, -0.2) is 4.21 Å². The zero-order chi connectivity index (χ0) is 20.6. The molecule has 27 heavy (non-hydrogen) atoms. The number of aryl methyl sites for hydroxylation is 1. The summed E-state index contributed by atoms with van der Waals surface area (Å²) in [4.78, 5) is 14.3. The highest BCUT2D eigenvalue weighted by Crippen LogP contribution is 2.28. The van der Waals surface area contributed by atoms with Gasteiger partial charge in [0.05, 0.1) is 5.57 Å². The molecule has 1 unspecified atom stereocenters. The molecule has 0 spiro atoms. The quantitative estimate of drug-likeness (QED) is 0.295. The van der Waals surface area contributed by atoms with Crippen molar-refractivity contribution in [3.8, 4) is 6.07 Å². The van der Waals surface area contributed by atoms with E-state index >= 15 is 0 Å². The van der Waals surface area contributed by atoms with E-state index in [4.69, 9.17) is 0 Å². The fourth-order valence-corrected chi connectivity index (χ4v) is 3.19. The maximum absolute atomic E-state index is 12.7. The number of Topliss-reactive ketones (excluding diaryl/α,β-unsaturated/α-hetero) is 1. The lowest BCUT2D eigenvalue weighted by Gasteiger charge is -2.18. The number of nitrogens with zero attached hydrogens (tertiary/aromatic N) is 2. The molecular weight excluding hydrogens is 360 g/mol. The molecule has 6 heteroatoms. The zero-order valence-electron chi connectivity index (χ0n) is 16.3. The van der Waals surface area contributed by atoms with Crippen LogP contribution in [0, 0.1) is 18.3 Å². The molecule has 144 valence electrons. The number of carbonyl (C=O) groups is 1. The highest BCUT2D eigenvalue weighted by Gasteiger charge is 2.25. The summed E-state index contributed by atoms with van der Waals surface area (Å²) in [5.74, 6) is -0.647. The van der Waals surface area contributed by atoms with Gasteiger partial charge in [0.1, 0.15) is 11.0 Å². The van der Waals surface area contributed by atoms with E-state index in [1.807, 2.05) is 63.1 Å². The summed E-state index contributed by atoms with van der Waals surface area (Å²) < 4.78 is 21.6. The molecule has 1 aromatic rings. The molecule has 0 aromatic heterocycles. The van der Waals surface area contributed by atoms with Crippen LogP contribution in [-0.2, 0) is 15.9 Å².